The number of aromatic hydroxyl groups is 1. The number of carbonyl (C=O) groups is 1. The standard InChI is InChI=1S/C18H12N2O5/c1-24-16-7-10(2-4-14(16)21)6-12(9-19)17(22)11-3-5-15-13(8-11)20-18(23)25-15/h2-8,21H,1H3,(H,20,23)/b12-6+. The summed E-state index contributed by atoms with van der Waals surface area (Å²) in [6.45, 7) is 0. The number of hydrogen-bond donors (Lipinski definition) is 2. The summed E-state index contributed by atoms with van der Waals surface area (Å²) in [6, 6.07) is 10.8. The molecule has 0 spiro atoms. The molecule has 0 fully saturated rings. The number of aromatic amines is 1. The molecule has 0 atom stereocenters. The third-order valence-corrected chi connectivity index (χ3v) is 3.56. The molecule has 1 heterocycles. The first-order valence-electron chi connectivity index (χ1n) is 7.18. The molecular weight excluding hydrogens is 324 g/mol. The molecule has 124 valence electrons. The molecule has 7 nitrogen and oxygen atoms in total. The summed E-state index contributed by atoms with van der Waals surface area (Å²) in [4.78, 5) is 26.2. The van der Waals surface area contributed by atoms with Crippen molar-refractivity contribution in [2.75, 3.05) is 7.11 Å². The van der Waals surface area contributed by atoms with Crippen LogP contribution in [0.5, 0.6) is 11.5 Å². The highest BCUT2D eigenvalue weighted by atomic mass is 16.5. The zero-order chi connectivity index (χ0) is 18.0. The second-order valence-electron chi connectivity index (χ2n) is 5.16. The molecule has 0 saturated heterocycles. The molecule has 0 aliphatic rings. The first kappa shape index (κ1) is 16.1. The van der Waals surface area contributed by atoms with Crippen molar-refractivity contribution >= 4 is 23.0 Å². The van der Waals surface area contributed by atoms with E-state index < -0.39 is 11.5 Å². The minimum absolute atomic E-state index is 0.0427. The number of allylic oxidation sites excluding steroid dienone is 1. The van der Waals surface area contributed by atoms with Crippen LogP contribution in [0.25, 0.3) is 17.2 Å². The van der Waals surface area contributed by atoms with Gasteiger partial charge in [-0.15, -0.1) is 0 Å². The van der Waals surface area contributed by atoms with E-state index in [2.05, 4.69) is 4.98 Å². The molecule has 0 saturated carbocycles. The van der Waals surface area contributed by atoms with Gasteiger partial charge in [0.05, 0.1) is 12.6 Å². The molecule has 0 aliphatic heterocycles. The maximum atomic E-state index is 12.6. The maximum Gasteiger partial charge on any atom is 0.417 e. The Hall–Kier alpha value is -3.79. The molecule has 1 aromatic heterocycles. The van der Waals surface area contributed by atoms with Crippen LogP contribution >= 0.6 is 0 Å². The van der Waals surface area contributed by atoms with Crippen molar-refractivity contribution in [1.29, 1.82) is 5.26 Å². The predicted molar refractivity (Wildman–Crippen MR) is 89.4 cm³/mol. The molecule has 0 bridgehead atoms. The largest absolute Gasteiger partial charge is 0.504 e. The number of phenolic OH excluding ortho intramolecular Hbond substituents is 1. The Balaban J connectivity index is 2.00. The highest BCUT2D eigenvalue weighted by Gasteiger charge is 2.14. The lowest BCUT2D eigenvalue weighted by atomic mass is 10.0. The van der Waals surface area contributed by atoms with Gasteiger partial charge in [-0.3, -0.25) is 9.78 Å². The van der Waals surface area contributed by atoms with Gasteiger partial charge in [-0.1, -0.05) is 6.07 Å². The Labute approximate surface area is 141 Å². The van der Waals surface area contributed by atoms with Crippen molar-refractivity contribution in [3.05, 3.63) is 63.6 Å². The SMILES string of the molecule is COc1cc(/C=C(\C#N)C(=O)c2ccc3oc(=O)[nH]c3c2)ccc1O. The molecular formula is C18H12N2O5. The van der Waals surface area contributed by atoms with Crippen LogP contribution < -0.4 is 10.5 Å². The Morgan fingerprint density at radius 1 is 1.32 bits per heavy atom. The number of nitrogens with zero attached hydrogens (tertiary/aromatic N) is 1. The Bertz CT molecular complexity index is 1100. The summed E-state index contributed by atoms with van der Waals surface area (Å²) < 4.78 is 9.89. The number of H-pyrrole nitrogens is 1. The highest BCUT2D eigenvalue weighted by Crippen LogP contribution is 2.27. The molecule has 2 N–H and O–H groups in total. The van der Waals surface area contributed by atoms with E-state index in [1.165, 1.54) is 43.5 Å². The number of fused-ring (bicyclic) bond motifs is 1. The van der Waals surface area contributed by atoms with Crippen LogP contribution in [-0.4, -0.2) is 23.0 Å². The molecule has 0 aliphatic carbocycles. The van der Waals surface area contributed by atoms with Gasteiger partial charge in [0.2, 0.25) is 5.78 Å². The maximum absolute atomic E-state index is 12.6. The van der Waals surface area contributed by atoms with E-state index in [0.717, 1.165) is 0 Å². The minimum atomic E-state index is -0.619. The topological polar surface area (TPSA) is 116 Å². The van der Waals surface area contributed by atoms with Crippen LogP contribution in [0.2, 0.25) is 0 Å². The quantitative estimate of drug-likeness (QED) is 0.430. The lowest BCUT2D eigenvalue weighted by Crippen LogP contribution is -2.02. The fraction of sp³-hybridized carbons (Fsp3) is 0.0556. The molecule has 7 heteroatoms. The summed E-state index contributed by atoms with van der Waals surface area (Å²) in [6.07, 6.45) is 1.40. The van der Waals surface area contributed by atoms with E-state index in [0.29, 0.717) is 16.7 Å². The van der Waals surface area contributed by atoms with E-state index in [-0.39, 0.29) is 22.6 Å². The average molecular weight is 336 g/mol. The fourth-order valence-electron chi connectivity index (χ4n) is 2.35. The van der Waals surface area contributed by atoms with Gasteiger partial charge in [-0.25, -0.2) is 4.79 Å². The Morgan fingerprint density at radius 3 is 2.84 bits per heavy atom. The fourth-order valence-corrected chi connectivity index (χ4v) is 2.35. The number of ketones is 1. The van der Waals surface area contributed by atoms with Crippen LogP contribution in [0.4, 0.5) is 0 Å². The summed E-state index contributed by atoms with van der Waals surface area (Å²) in [5, 5.41) is 18.9. The molecule has 0 radical (unpaired) electrons. The number of oxazole rings is 1. The van der Waals surface area contributed by atoms with Gasteiger partial charge in [0.15, 0.2) is 17.1 Å². The molecule has 3 aromatic rings. The summed E-state index contributed by atoms with van der Waals surface area (Å²) in [7, 11) is 1.40. The number of benzene rings is 2. The number of nitriles is 1. The number of methoxy groups -OCH3 is 1. The lowest BCUT2D eigenvalue weighted by molar-refractivity contribution is 0.104. The van der Waals surface area contributed by atoms with Crippen molar-refractivity contribution in [3.63, 3.8) is 0 Å². The molecule has 2 aromatic carbocycles. The Kier molecular flexibility index (Phi) is 4.10. The summed E-state index contributed by atoms with van der Waals surface area (Å²) >= 11 is 0. The van der Waals surface area contributed by atoms with Crippen LogP contribution in [0, 0.1) is 11.3 Å². The summed E-state index contributed by atoms with van der Waals surface area (Å²) in [5.41, 5.74) is 1.37. The van der Waals surface area contributed by atoms with Crippen LogP contribution in [0.3, 0.4) is 0 Å². The van der Waals surface area contributed by atoms with Gasteiger partial charge in [0.25, 0.3) is 0 Å². The number of nitrogens with one attached hydrogen (secondary N) is 1. The molecule has 0 amide bonds. The monoisotopic (exact) mass is 336 g/mol. The first-order chi connectivity index (χ1) is 12.0. The summed E-state index contributed by atoms with van der Waals surface area (Å²) in [5.74, 6) is -0.931. The van der Waals surface area contributed by atoms with Gasteiger partial charge in [-0.05, 0) is 42.0 Å². The van der Waals surface area contributed by atoms with E-state index in [4.69, 9.17) is 9.15 Å². The second-order valence-corrected chi connectivity index (χ2v) is 5.16. The van der Waals surface area contributed by atoms with E-state index in [1.807, 2.05) is 6.07 Å². The predicted octanol–water partition coefficient (Wildman–Crippen LogP) is 2.63. The van der Waals surface area contributed by atoms with Crippen molar-refractivity contribution in [2.24, 2.45) is 0 Å². The van der Waals surface area contributed by atoms with Gasteiger partial charge >= 0.3 is 5.76 Å². The van der Waals surface area contributed by atoms with Crippen LogP contribution in [0.1, 0.15) is 15.9 Å². The second kappa shape index (κ2) is 6.37. The first-order valence-corrected chi connectivity index (χ1v) is 7.18. The van der Waals surface area contributed by atoms with Crippen LogP contribution in [-0.2, 0) is 0 Å². The third-order valence-electron chi connectivity index (χ3n) is 3.56. The number of rotatable bonds is 4. The minimum Gasteiger partial charge on any atom is -0.504 e. The van der Waals surface area contributed by atoms with Gasteiger partial charge < -0.3 is 14.3 Å². The zero-order valence-electron chi connectivity index (χ0n) is 13.1. The van der Waals surface area contributed by atoms with Crippen molar-refractivity contribution in [1.82, 2.24) is 4.98 Å². The van der Waals surface area contributed by atoms with E-state index >= 15 is 0 Å². The van der Waals surface area contributed by atoms with Crippen molar-refractivity contribution in [2.45, 2.75) is 0 Å². The number of aromatic nitrogens is 1. The van der Waals surface area contributed by atoms with E-state index in [1.54, 1.807) is 6.07 Å². The van der Waals surface area contributed by atoms with Crippen LogP contribution in [0.15, 0.2) is 51.2 Å². The number of carbonyl (C=O) groups excluding carboxylic acids is 1. The molecule has 0 unspecified atom stereocenters. The molecule has 25 heavy (non-hydrogen) atoms. The van der Waals surface area contributed by atoms with Gasteiger partial charge in [0.1, 0.15) is 11.6 Å². The lowest BCUT2D eigenvalue weighted by Gasteiger charge is -2.04. The molecule has 3 rings (SSSR count). The normalized spacial score (nSPS) is 11.3. The highest BCUT2D eigenvalue weighted by molar-refractivity contribution is 6.14. The number of Topliss-reactive ketones (excluding diaryl/α,β-unsaturated/α-hetero) is 1. The van der Waals surface area contributed by atoms with Gasteiger partial charge in [0, 0.05) is 5.56 Å². The zero-order valence-corrected chi connectivity index (χ0v) is 13.1. The van der Waals surface area contributed by atoms with Gasteiger partial charge in [-0.2, -0.15) is 5.26 Å². The van der Waals surface area contributed by atoms with Crippen molar-refractivity contribution in [3.8, 4) is 17.6 Å². The Morgan fingerprint density at radius 2 is 2.12 bits per heavy atom. The smallest absolute Gasteiger partial charge is 0.417 e. The number of hydrogen-bond acceptors (Lipinski definition) is 6. The third kappa shape index (κ3) is 3.14. The number of ether oxygens (including phenoxy) is 1. The number of phenols is 1. The van der Waals surface area contributed by atoms with E-state index in [9.17, 15) is 20.0 Å². The van der Waals surface area contributed by atoms with Crippen molar-refractivity contribution < 1.29 is 19.1 Å². The average Bonchev–Trinajstić information content (AvgIpc) is 2.99.